The number of morpholine rings is 1. The van der Waals surface area contributed by atoms with Crippen molar-refractivity contribution in [2.24, 2.45) is 0 Å². The Morgan fingerprint density at radius 3 is 2.65 bits per heavy atom. The minimum Gasteiger partial charge on any atom is -0.480 e. The highest BCUT2D eigenvalue weighted by Gasteiger charge is 2.43. The summed E-state index contributed by atoms with van der Waals surface area (Å²) in [4.78, 5) is 76.5. The topological polar surface area (TPSA) is 195 Å². The summed E-state index contributed by atoms with van der Waals surface area (Å²) in [7, 11) is 1.33. The van der Waals surface area contributed by atoms with Crippen molar-refractivity contribution in [1.82, 2.24) is 10.2 Å². The fraction of sp³-hybridized carbons (Fsp3) is 0.269. The lowest BCUT2D eigenvalue weighted by Gasteiger charge is -2.35. The molecule has 4 N–H and O–H groups in total. The summed E-state index contributed by atoms with van der Waals surface area (Å²) < 4.78 is 10.8. The number of ether oxygens (including phenoxy) is 2. The van der Waals surface area contributed by atoms with Crippen LogP contribution in [-0.4, -0.2) is 90.4 Å². The molecule has 0 saturated carbocycles. The van der Waals surface area contributed by atoms with Crippen LogP contribution in [0.15, 0.2) is 42.5 Å². The Labute approximate surface area is 227 Å². The van der Waals surface area contributed by atoms with Gasteiger partial charge in [-0.2, -0.15) is 0 Å². The van der Waals surface area contributed by atoms with Crippen molar-refractivity contribution in [3.05, 3.63) is 59.2 Å². The summed E-state index contributed by atoms with van der Waals surface area (Å²) in [6.45, 7) is 0.593. The van der Waals surface area contributed by atoms with Gasteiger partial charge in [-0.3, -0.25) is 34.2 Å². The van der Waals surface area contributed by atoms with E-state index >= 15 is 0 Å². The molecule has 0 bridgehead atoms. The number of carbonyl (C=O) groups is 6. The van der Waals surface area contributed by atoms with Crippen LogP contribution >= 0.6 is 0 Å². The van der Waals surface area contributed by atoms with E-state index in [1.165, 1.54) is 48.3 Å². The number of carboxylic acids is 1. The van der Waals surface area contributed by atoms with E-state index in [-0.39, 0.29) is 35.8 Å². The van der Waals surface area contributed by atoms with Gasteiger partial charge in [0.05, 0.1) is 12.2 Å². The molecule has 2 aliphatic rings. The zero-order chi connectivity index (χ0) is 29.1. The van der Waals surface area contributed by atoms with Gasteiger partial charge in [-0.15, -0.1) is 0 Å². The van der Waals surface area contributed by atoms with Crippen LogP contribution in [0.3, 0.4) is 0 Å². The number of hydrogen-bond donors (Lipinski definition) is 4. The lowest BCUT2D eigenvalue weighted by atomic mass is 10.1. The first-order valence-electron chi connectivity index (χ1n) is 12.0. The molecule has 208 valence electrons. The van der Waals surface area contributed by atoms with Crippen molar-refractivity contribution in [3.8, 4) is 0 Å². The summed E-state index contributed by atoms with van der Waals surface area (Å²) in [6, 6.07) is 10.2. The molecule has 1 fully saturated rings. The maximum atomic E-state index is 13.5. The summed E-state index contributed by atoms with van der Waals surface area (Å²) in [6.07, 6.45) is -3.22. The fourth-order valence-electron chi connectivity index (χ4n) is 4.30. The van der Waals surface area contributed by atoms with Crippen LogP contribution in [0.5, 0.6) is 0 Å². The van der Waals surface area contributed by atoms with Gasteiger partial charge < -0.3 is 35.0 Å². The van der Waals surface area contributed by atoms with Crippen LogP contribution in [0, 0.1) is 5.41 Å². The van der Waals surface area contributed by atoms with Gasteiger partial charge in [-0.1, -0.05) is 6.07 Å². The van der Waals surface area contributed by atoms with E-state index in [0.29, 0.717) is 11.3 Å². The molecule has 0 aromatic heterocycles. The van der Waals surface area contributed by atoms with Gasteiger partial charge in [0, 0.05) is 43.0 Å². The van der Waals surface area contributed by atoms with Gasteiger partial charge in [0.1, 0.15) is 12.4 Å². The summed E-state index contributed by atoms with van der Waals surface area (Å²) >= 11 is 0. The molecule has 14 heteroatoms. The number of fused-ring (bicyclic) bond motifs is 1. The van der Waals surface area contributed by atoms with Gasteiger partial charge in [0.15, 0.2) is 6.10 Å². The van der Waals surface area contributed by atoms with E-state index in [1.54, 1.807) is 6.07 Å². The molecular weight excluding hydrogens is 526 g/mol. The fourth-order valence-corrected chi connectivity index (χ4v) is 4.30. The maximum absolute atomic E-state index is 13.5. The van der Waals surface area contributed by atoms with Gasteiger partial charge >= 0.3 is 11.9 Å². The SMILES string of the molecule is CC(=O)O[C@@H](C(=O)Nc1ccc2c(c1)C(=O)NC2=N)[C@H]1OCCN(c2cccc(C(=O)N(C)CC(=O)O)c2)C1=O. The number of esters is 1. The van der Waals surface area contributed by atoms with E-state index < -0.39 is 54.3 Å². The summed E-state index contributed by atoms with van der Waals surface area (Å²) in [5, 5.41) is 21.6. The van der Waals surface area contributed by atoms with Gasteiger partial charge in [-0.25, -0.2) is 0 Å². The Hall–Kier alpha value is -5.11. The molecule has 4 amide bonds. The number of carbonyl (C=O) groups excluding carboxylic acids is 5. The lowest BCUT2D eigenvalue weighted by molar-refractivity contribution is -0.167. The predicted octanol–water partition coefficient (Wildman–Crippen LogP) is 0.214. The lowest BCUT2D eigenvalue weighted by Crippen LogP contribution is -2.56. The van der Waals surface area contributed by atoms with Crippen LogP contribution in [0.2, 0.25) is 0 Å². The van der Waals surface area contributed by atoms with Crippen molar-refractivity contribution in [2.45, 2.75) is 19.1 Å². The minimum atomic E-state index is -1.69. The number of benzene rings is 2. The Kier molecular flexibility index (Phi) is 7.90. The number of likely N-dealkylation sites (N-methyl/N-ethyl adjacent to an activating group) is 1. The molecule has 0 aliphatic carbocycles. The highest BCUT2D eigenvalue weighted by molar-refractivity contribution is 6.23. The zero-order valence-corrected chi connectivity index (χ0v) is 21.4. The number of nitrogens with one attached hydrogen (secondary N) is 3. The summed E-state index contributed by atoms with van der Waals surface area (Å²) in [5.41, 5.74) is 1.13. The van der Waals surface area contributed by atoms with Gasteiger partial charge in [0.2, 0.25) is 6.10 Å². The number of carboxylic acid groups (broad SMARTS) is 1. The van der Waals surface area contributed by atoms with E-state index in [1.807, 2.05) is 0 Å². The van der Waals surface area contributed by atoms with Crippen molar-refractivity contribution in [2.75, 3.05) is 37.0 Å². The molecule has 40 heavy (non-hydrogen) atoms. The van der Waals surface area contributed by atoms with Crippen molar-refractivity contribution in [3.63, 3.8) is 0 Å². The van der Waals surface area contributed by atoms with Crippen molar-refractivity contribution < 1.29 is 43.3 Å². The zero-order valence-electron chi connectivity index (χ0n) is 21.4. The highest BCUT2D eigenvalue weighted by atomic mass is 16.6. The monoisotopic (exact) mass is 551 g/mol. The number of hydrogen-bond acceptors (Lipinski definition) is 9. The average Bonchev–Trinajstić information content (AvgIpc) is 3.19. The third kappa shape index (κ3) is 5.81. The molecule has 2 atom stereocenters. The average molecular weight is 552 g/mol. The molecule has 14 nitrogen and oxygen atoms in total. The molecular formula is C26H25N5O9. The van der Waals surface area contributed by atoms with E-state index in [2.05, 4.69) is 10.6 Å². The van der Waals surface area contributed by atoms with E-state index in [0.717, 1.165) is 11.8 Å². The second-order valence-corrected chi connectivity index (χ2v) is 9.00. The van der Waals surface area contributed by atoms with Crippen molar-refractivity contribution >= 4 is 52.8 Å². The van der Waals surface area contributed by atoms with Crippen LogP contribution in [0.1, 0.15) is 33.2 Å². The molecule has 2 aromatic rings. The second-order valence-electron chi connectivity index (χ2n) is 9.00. The van der Waals surface area contributed by atoms with Crippen LogP contribution in [0.25, 0.3) is 0 Å². The Bertz CT molecular complexity index is 1440. The first-order valence-corrected chi connectivity index (χ1v) is 12.0. The molecule has 0 unspecified atom stereocenters. The van der Waals surface area contributed by atoms with Gasteiger partial charge in [0.25, 0.3) is 23.6 Å². The third-order valence-electron chi connectivity index (χ3n) is 6.11. The van der Waals surface area contributed by atoms with E-state index in [9.17, 15) is 28.8 Å². The summed E-state index contributed by atoms with van der Waals surface area (Å²) in [5.74, 6) is -4.78. The number of nitrogens with zero attached hydrogens (tertiary/aromatic N) is 2. The van der Waals surface area contributed by atoms with Crippen LogP contribution in [-0.2, 0) is 28.7 Å². The molecule has 4 rings (SSSR count). The van der Waals surface area contributed by atoms with Crippen LogP contribution in [0.4, 0.5) is 11.4 Å². The first-order chi connectivity index (χ1) is 19.0. The number of amidine groups is 1. The first kappa shape index (κ1) is 27.9. The Morgan fingerprint density at radius 2 is 1.95 bits per heavy atom. The normalized spacial score (nSPS) is 17.0. The second kappa shape index (κ2) is 11.3. The quantitative estimate of drug-likeness (QED) is 0.332. The molecule has 2 aromatic carbocycles. The molecule has 1 saturated heterocycles. The highest BCUT2D eigenvalue weighted by Crippen LogP contribution is 2.25. The Morgan fingerprint density at radius 1 is 1.20 bits per heavy atom. The van der Waals surface area contributed by atoms with Crippen molar-refractivity contribution in [1.29, 1.82) is 5.41 Å². The largest absolute Gasteiger partial charge is 0.480 e. The number of anilines is 2. The number of amides is 4. The molecule has 0 radical (unpaired) electrons. The molecule has 0 spiro atoms. The molecule has 2 heterocycles. The predicted molar refractivity (Wildman–Crippen MR) is 138 cm³/mol. The van der Waals surface area contributed by atoms with E-state index in [4.69, 9.17) is 20.0 Å². The molecule has 2 aliphatic heterocycles. The standard InChI is InChI=1S/C26H25N5O9/c1-13(32)40-20(24(36)28-15-6-7-17-18(11-15)23(35)29-22(17)27)21-26(38)31(8-9-39-21)16-5-3-4-14(10-16)25(37)30(2)12-19(33)34/h3-7,10-11,20-21H,8-9,12H2,1-2H3,(H,28,36)(H,33,34)(H2,27,29,35)/t20-,21-/m1/s1. The third-order valence-corrected chi connectivity index (χ3v) is 6.11. The van der Waals surface area contributed by atoms with Gasteiger partial charge in [-0.05, 0) is 36.4 Å². The minimum absolute atomic E-state index is 0.0281. The maximum Gasteiger partial charge on any atom is 0.323 e. The Balaban J connectivity index is 1.55. The smallest absolute Gasteiger partial charge is 0.323 e. The number of aliphatic carboxylic acids is 1. The van der Waals surface area contributed by atoms with Crippen LogP contribution < -0.4 is 15.5 Å². The number of rotatable bonds is 8.